The molecule has 4 bridgehead atoms. The van der Waals surface area contributed by atoms with Gasteiger partial charge in [-0.05, 0) is 87.3 Å². The van der Waals surface area contributed by atoms with Crippen molar-refractivity contribution in [2.75, 3.05) is 6.54 Å². The van der Waals surface area contributed by atoms with Crippen molar-refractivity contribution in [1.29, 1.82) is 0 Å². The molecule has 158 valence electrons. The molecular weight excluding hydrogens is 391 g/mol. The van der Waals surface area contributed by atoms with Crippen LogP contribution in [0.15, 0.2) is 29.2 Å². The van der Waals surface area contributed by atoms with Crippen LogP contribution in [0, 0.1) is 23.6 Å². The molecule has 29 heavy (non-hydrogen) atoms. The van der Waals surface area contributed by atoms with E-state index in [2.05, 4.69) is 5.32 Å². The Labute approximate surface area is 172 Å². The minimum Gasteiger partial charge on any atom is -0.351 e. The first-order valence-corrected chi connectivity index (χ1v) is 12.4. The molecule has 0 radical (unpaired) electrons. The predicted octanol–water partition coefficient (Wildman–Crippen LogP) is 3.45. The van der Waals surface area contributed by atoms with Crippen LogP contribution < -0.4 is 5.32 Å². The summed E-state index contributed by atoms with van der Waals surface area (Å²) in [6.07, 6.45) is 8.79. The van der Waals surface area contributed by atoms with Crippen LogP contribution in [0.2, 0.25) is 0 Å². The maximum atomic E-state index is 13.6. The molecule has 1 saturated heterocycles. The fraction of sp³-hybridized carbons (Fsp3) is 0.682. The van der Waals surface area contributed by atoms with Gasteiger partial charge in [0.1, 0.15) is 5.82 Å². The molecule has 1 aromatic carbocycles. The van der Waals surface area contributed by atoms with Gasteiger partial charge in [0.05, 0.1) is 4.90 Å². The summed E-state index contributed by atoms with van der Waals surface area (Å²) in [7, 11) is -3.80. The summed E-state index contributed by atoms with van der Waals surface area (Å²) < 4.78 is 41.0. The fourth-order valence-corrected chi connectivity index (χ4v) is 8.64. The van der Waals surface area contributed by atoms with E-state index in [9.17, 15) is 17.6 Å². The number of sulfonamides is 1. The summed E-state index contributed by atoms with van der Waals surface area (Å²) in [4.78, 5) is 12.9. The first kappa shape index (κ1) is 19.5. The van der Waals surface area contributed by atoms with Crippen LogP contribution in [0.4, 0.5) is 4.39 Å². The molecule has 1 amide bonds. The molecule has 0 spiro atoms. The van der Waals surface area contributed by atoms with Gasteiger partial charge in [-0.1, -0.05) is 6.07 Å². The number of halogens is 1. The molecular formula is C22H29FN2O3S. The van der Waals surface area contributed by atoms with Gasteiger partial charge >= 0.3 is 0 Å². The molecule has 5 fully saturated rings. The second-order valence-corrected chi connectivity index (χ2v) is 11.7. The standard InChI is InChI=1S/C22H29FN2O3S/c23-18-3-1-5-20(10-18)29(27,28)25-6-2-4-19(25)11-21(26)24-22-12-15-7-16(13-22)9-17(8-15)14-22/h1,3,5,10,15-17,19H,2,4,6-9,11-14H2,(H,24,26). The van der Waals surface area contributed by atoms with E-state index in [1.807, 2.05) is 0 Å². The Bertz CT molecular complexity index is 881. The zero-order valence-electron chi connectivity index (χ0n) is 16.6. The summed E-state index contributed by atoms with van der Waals surface area (Å²) in [6, 6.07) is 4.77. The van der Waals surface area contributed by atoms with Crippen LogP contribution in [0.5, 0.6) is 0 Å². The Hall–Kier alpha value is -1.47. The third kappa shape index (κ3) is 3.61. The van der Waals surface area contributed by atoms with Gasteiger partial charge in [0.25, 0.3) is 0 Å². The lowest BCUT2D eigenvalue weighted by molar-refractivity contribution is -0.127. The van der Waals surface area contributed by atoms with Crippen molar-refractivity contribution in [2.45, 2.75) is 74.3 Å². The Balaban J connectivity index is 1.28. The molecule has 1 aromatic rings. The summed E-state index contributed by atoms with van der Waals surface area (Å²) in [5.74, 6) is 1.65. The van der Waals surface area contributed by atoms with Crippen LogP contribution in [-0.4, -0.2) is 36.8 Å². The van der Waals surface area contributed by atoms with Crippen LogP contribution in [-0.2, 0) is 14.8 Å². The Morgan fingerprint density at radius 2 is 1.79 bits per heavy atom. The number of hydrogen-bond acceptors (Lipinski definition) is 3. The van der Waals surface area contributed by atoms with Gasteiger partial charge < -0.3 is 5.32 Å². The first-order valence-electron chi connectivity index (χ1n) is 10.9. The average Bonchev–Trinajstić information content (AvgIpc) is 3.08. The number of carbonyl (C=O) groups is 1. The number of nitrogens with one attached hydrogen (secondary N) is 1. The average molecular weight is 421 g/mol. The van der Waals surface area contributed by atoms with Crippen LogP contribution in [0.1, 0.15) is 57.8 Å². The van der Waals surface area contributed by atoms with E-state index < -0.39 is 15.8 Å². The maximum absolute atomic E-state index is 13.6. The molecule has 1 unspecified atom stereocenters. The minimum absolute atomic E-state index is 0.0294. The highest BCUT2D eigenvalue weighted by Crippen LogP contribution is 2.55. The third-order valence-electron chi connectivity index (χ3n) is 7.59. The normalized spacial score (nSPS) is 36.4. The molecule has 6 rings (SSSR count). The van der Waals surface area contributed by atoms with Crippen molar-refractivity contribution in [3.63, 3.8) is 0 Å². The SMILES string of the molecule is O=C(CC1CCCN1S(=O)(=O)c1cccc(F)c1)NC12CC3CC(CC(C3)C1)C2. The zero-order valence-corrected chi connectivity index (χ0v) is 17.5. The first-order chi connectivity index (χ1) is 13.8. The van der Waals surface area contributed by atoms with Gasteiger partial charge in [-0.2, -0.15) is 4.31 Å². The summed E-state index contributed by atoms with van der Waals surface area (Å²) in [5.41, 5.74) is -0.0588. The molecule has 0 aromatic heterocycles. The number of nitrogens with zero attached hydrogens (tertiary/aromatic N) is 1. The molecule has 5 aliphatic rings. The molecule has 1 atom stereocenters. The molecule has 5 nitrogen and oxygen atoms in total. The number of rotatable bonds is 5. The number of benzene rings is 1. The number of amides is 1. The van der Waals surface area contributed by atoms with Crippen molar-refractivity contribution < 1.29 is 17.6 Å². The second-order valence-electron chi connectivity index (χ2n) is 9.82. The maximum Gasteiger partial charge on any atom is 0.243 e. The molecule has 1 heterocycles. The van der Waals surface area contributed by atoms with Crippen molar-refractivity contribution in [2.24, 2.45) is 17.8 Å². The predicted molar refractivity (Wildman–Crippen MR) is 107 cm³/mol. The van der Waals surface area contributed by atoms with E-state index in [4.69, 9.17) is 0 Å². The van der Waals surface area contributed by atoms with Gasteiger partial charge in [0, 0.05) is 24.5 Å². The topological polar surface area (TPSA) is 66.5 Å². The van der Waals surface area contributed by atoms with Gasteiger partial charge in [0.15, 0.2) is 0 Å². The largest absolute Gasteiger partial charge is 0.351 e. The van der Waals surface area contributed by atoms with Gasteiger partial charge in [-0.15, -0.1) is 0 Å². The van der Waals surface area contributed by atoms with E-state index in [-0.39, 0.29) is 28.8 Å². The van der Waals surface area contributed by atoms with Gasteiger partial charge in [-0.3, -0.25) is 4.79 Å². The molecule has 1 aliphatic heterocycles. The highest BCUT2D eigenvalue weighted by molar-refractivity contribution is 7.89. The van der Waals surface area contributed by atoms with E-state index in [0.717, 1.165) is 49.5 Å². The quantitative estimate of drug-likeness (QED) is 0.793. The lowest BCUT2D eigenvalue weighted by atomic mass is 9.53. The lowest BCUT2D eigenvalue weighted by Crippen LogP contribution is -2.60. The Morgan fingerprint density at radius 1 is 1.14 bits per heavy atom. The molecule has 7 heteroatoms. The highest BCUT2D eigenvalue weighted by Gasteiger charge is 2.51. The van der Waals surface area contributed by atoms with Crippen LogP contribution in [0.3, 0.4) is 0 Å². The second kappa shape index (κ2) is 7.05. The van der Waals surface area contributed by atoms with E-state index in [0.29, 0.717) is 13.0 Å². The lowest BCUT2D eigenvalue weighted by Gasteiger charge is -2.57. The summed E-state index contributed by atoms with van der Waals surface area (Å²) in [5, 5.41) is 3.35. The third-order valence-corrected chi connectivity index (χ3v) is 9.54. The van der Waals surface area contributed by atoms with Crippen molar-refractivity contribution in [1.82, 2.24) is 9.62 Å². The number of hydrogen-bond donors (Lipinski definition) is 1. The van der Waals surface area contributed by atoms with Gasteiger partial charge in [-0.25, -0.2) is 12.8 Å². The summed E-state index contributed by atoms with van der Waals surface area (Å²) in [6.45, 7) is 0.383. The van der Waals surface area contributed by atoms with E-state index in [1.54, 1.807) is 0 Å². The molecule has 4 aliphatic carbocycles. The van der Waals surface area contributed by atoms with Crippen molar-refractivity contribution in [3.05, 3.63) is 30.1 Å². The molecule has 4 saturated carbocycles. The fourth-order valence-electron chi connectivity index (χ4n) is 6.92. The summed E-state index contributed by atoms with van der Waals surface area (Å²) >= 11 is 0. The Kier molecular flexibility index (Phi) is 4.74. The zero-order chi connectivity index (χ0) is 20.2. The van der Waals surface area contributed by atoms with Gasteiger partial charge in [0.2, 0.25) is 15.9 Å². The van der Waals surface area contributed by atoms with E-state index in [1.165, 1.54) is 41.8 Å². The van der Waals surface area contributed by atoms with Crippen molar-refractivity contribution in [3.8, 4) is 0 Å². The Morgan fingerprint density at radius 3 is 2.41 bits per heavy atom. The highest BCUT2D eigenvalue weighted by atomic mass is 32.2. The minimum atomic E-state index is -3.80. The smallest absolute Gasteiger partial charge is 0.243 e. The monoisotopic (exact) mass is 420 g/mol. The van der Waals surface area contributed by atoms with Crippen LogP contribution >= 0.6 is 0 Å². The van der Waals surface area contributed by atoms with Crippen LogP contribution in [0.25, 0.3) is 0 Å². The molecule has 1 N–H and O–H groups in total. The van der Waals surface area contributed by atoms with E-state index >= 15 is 0 Å². The number of carbonyl (C=O) groups excluding carboxylic acids is 1. The van der Waals surface area contributed by atoms with Crippen molar-refractivity contribution >= 4 is 15.9 Å².